The van der Waals surface area contributed by atoms with Crippen molar-refractivity contribution in [2.24, 2.45) is 0 Å². The van der Waals surface area contributed by atoms with E-state index in [0.29, 0.717) is 0 Å². The van der Waals surface area contributed by atoms with E-state index in [1.54, 1.807) is 0 Å². The predicted molar refractivity (Wildman–Crippen MR) is 53.4 cm³/mol. The fourth-order valence-electron chi connectivity index (χ4n) is 1.35. The molecular weight excluding hydrogens is 216 g/mol. The van der Waals surface area contributed by atoms with E-state index in [1.165, 1.54) is 5.56 Å². The Morgan fingerprint density at radius 1 is 1.25 bits per heavy atom. The molecule has 0 aliphatic heterocycles. The van der Waals surface area contributed by atoms with E-state index in [2.05, 4.69) is 28.9 Å². The van der Waals surface area contributed by atoms with E-state index in [-0.39, 0.29) is 0 Å². The van der Waals surface area contributed by atoms with E-state index in [4.69, 9.17) is 4.42 Å². The summed E-state index contributed by atoms with van der Waals surface area (Å²) in [6.07, 6.45) is 0. The van der Waals surface area contributed by atoms with Crippen LogP contribution in [0, 0.1) is 13.8 Å². The van der Waals surface area contributed by atoms with Crippen LogP contribution in [0.25, 0.3) is 11.0 Å². The second-order valence-corrected chi connectivity index (χ2v) is 3.82. The van der Waals surface area contributed by atoms with Gasteiger partial charge in [0.15, 0.2) is 0 Å². The highest BCUT2D eigenvalue weighted by Gasteiger charge is 2.05. The Balaban J connectivity index is 2.93. The van der Waals surface area contributed by atoms with Crippen molar-refractivity contribution < 1.29 is 4.42 Å². The number of fused-ring (bicyclic) bond motifs is 1. The lowest BCUT2D eigenvalue weighted by molar-refractivity contribution is 0.576. The van der Waals surface area contributed by atoms with Crippen molar-refractivity contribution in [3.63, 3.8) is 0 Å². The maximum absolute atomic E-state index is 5.55. The summed E-state index contributed by atoms with van der Waals surface area (Å²) in [6.45, 7) is 4.02. The molecule has 1 heterocycles. The molecule has 0 aliphatic carbocycles. The number of rotatable bonds is 0. The van der Waals surface area contributed by atoms with Crippen molar-refractivity contribution in [2.45, 2.75) is 13.8 Å². The summed E-state index contributed by atoms with van der Waals surface area (Å²) in [5, 5.41) is 1.16. The Morgan fingerprint density at radius 3 is 2.67 bits per heavy atom. The first kappa shape index (κ1) is 7.87. The molecule has 2 heteroatoms. The van der Waals surface area contributed by atoms with Crippen LogP contribution in [0.1, 0.15) is 11.3 Å². The van der Waals surface area contributed by atoms with Gasteiger partial charge in [0.25, 0.3) is 0 Å². The number of aryl methyl sites for hydroxylation is 2. The van der Waals surface area contributed by atoms with Crippen LogP contribution in [0.5, 0.6) is 0 Å². The standard InChI is InChI=1S/C10H9BrO/c1-6-3-4-9(11)8-5-7(2)12-10(6)8/h3-5H,1-2H3. The van der Waals surface area contributed by atoms with Crippen LogP contribution in [0.15, 0.2) is 27.1 Å². The van der Waals surface area contributed by atoms with Crippen LogP contribution in [0.4, 0.5) is 0 Å². The third-order valence-electron chi connectivity index (χ3n) is 1.95. The number of benzene rings is 1. The number of furan rings is 1. The molecule has 0 saturated heterocycles. The molecule has 2 aromatic rings. The number of hydrogen-bond donors (Lipinski definition) is 0. The predicted octanol–water partition coefficient (Wildman–Crippen LogP) is 3.81. The van der Waals surface area contributed by atoms with Gasteiger partial charge in [-0.3, -0.25) is 0 Å². The molecule has 0 atom stereocenters. The van der Waals surface area contributed by atoms with Gasteiger partial charge in [0, 0.05) is 9.86 Å². The zero-order valence-corrected chi connectivity index (χ0v) is 8.60. The molecule has 2 rings (SSSR count). The molecule has 0 fully saturated rings. The Kier molecular flexibility index (Phi) is 1.72. The van der Waals surface area contributed by atoms with Crippen LogP contribution >= 0.6 is 15.9 Å². The Hall–Kier alpha value is -0.760. The van der Waals surface area contributed by atoms with Crippen LogP contribution in [-0.4, -0.2) is 0 Å². The highest BCUT2D eigenvalue weighted by molar-refractivity contribution is 9.10. The quantitative estimate of drug-likeness (QED) is 0.664. The second-order valence-electron chi connectivity index (χ2n) is 2.96. The van der Waals surface area contributed by atoms with Gasteiger partial charge >= 0.3 is 0 Å². The number of hydrogen-bond acceptors (Lipinski definition) is 1. The first-order chi connectivity index (χ1) is 5.68. The van der Waals surface area contributed by atoms with Gasteiger partial charge in [0.2, 0.25) is 0 Å². The molecule has 62 valence electrons. The average molecular weight is 225 g/mol. The maximum atomic E-state index is 5.55. The third kappa shape index (κ3) is 1.07. The van der Waals surface area contributed by atoms with Gasteiger partial charge in [0.1, 0.15) is 11.3 Å². The topological polar surface area (TPSA) is 13.1 Å². The minimum atomic E-state index is 0.958. The Labute approximate surface area is 79.5 Å². The molecule has 0 spiro atoms. The third-order valence-corrected chi connectivity index (χ3v) is 2.64. The first-order valence-corrected chi connectivity index (χ1v) is 4.63. The number of halogens is 1. The average Bonchev–Trinajstić information content (AvgIpc) is 2.41. The van der Waals surface area contributed by atoms with Gasteiger partial charge in [-0.05, 0) is 31.5 Å². The van der Waals surface area contributed by atoms with Gasteiger partial charge < -0.3 is 4.42 Å². The van der Waals surface area contributed by atoms with E-state index in [0.717, 1.165) is 21.2 Å². The zero-order chi connectivity index (χ0) is 8.72. The minimum absolute atomic E-state index is 0.958. The molecule has 12 heavy (non-hydrogen) atoms. The Bertz CT molecular complexity index is 390. The summed E-state index contributed by atoms with van der Waals surface area (Å²) in [5.74, 6) is 0.958. The second kappa shape index (κ2) is 2.63. The van der Waals surface area contributed by atoms with Crippen molar-refractivity contribution in [3.05, 3.63) is 34.0 Å². The van der Waals surface area contributed by atoms with Crippen LogP contribution in [-0.2, 0) is 0 Å². The lowest BCUT2D eigenvalue weighted by atomic mass is 10.2. The van der Waals surface area contributed by atoms with Crippen LogP contribution in [0.2, 0.25) is 0 Å². The molecule has 1 nitrogen and oxygen atoms in total. The van der Waals surface area contributed by atoms with Gasteiger partial charge in [-0.15, -0.1) is 0 Å². The van der Waals surface area contributed by atoms with Gasteiger partial charge in [0.05, 0.1) is 0 Å². The minimum Gasteiger partial charge on any atom is -0.461 e. The zero-order valence-electron chi connectivity index (χ0n) is 7.02. The molecular formula is C10H9BrO. The summed E-state index contributed by atoms with van der Waals surface area (Å²) in [6, 6.07) is 6.15. The molecule has 0 amide bonds. The van der Waals surface area contributed by atoms with Crippen molar-refractivity contribution >= 4 is 26.9 Å². The molecule has 1 aromatic heterocycles. The van der Waals surface area contributed by atoms with Crippen molar-refractivity contribution in [1.29, 1.82) is 0 Å². The monoisotopic (exact) mass is 224 g/mol. The fourth-order valence-corrected chi connectivity index (χ4v) is 1.77. The summed E-state index contributed by atoms with van der Waals surface area (Å²) >= 11 is 3.48. The first-order valence-electron chi connectivity index (χ1n) is 3.84. The molecule has 0 unspecified atom stereocenters. The van der Waals surface area contributed by atoms with Gasteiger partial charge in [-0.2, -0.15) is 0 Å². The summed E-state index contributed by atoms with van der Waals surface area (Å²) in [4.78, 5) is 0. The summed E-state index contributed by atoms with van der Waals surface area (Å²) < 4.78 is 6.65. The van der Waals surface area contributed by atoms with E-state index < -0.39 is 0 Å². The highest BCUT2D eigenvalue weighted by atomic mass is 79.9. The molecule has 0 saturated carbocycles. The van der Waals surface area contributed by atoms with Crippen molar-refractivity contribution in [2.75, 3.05) is 0 Å². The van der Waals surface area contributed by atoms with E-state index in [1.807, 2.05) is 19.1 Å². The largest absolute Gasteiger partial charge is 0.461 e. The Morgan fingerprint density at radius 2 is 2.00 bits per heavy atom. The van der Waals surface area contributed by atoms with Crippen LogP contribution in [0.3, 0.4) is 0 Å². The maximum Gasteiger partial charge on any atom is 0.138 e. The van der Waals surface area contributed by atoms with Crippen molar-refractivity contribution in [1.82, 2.24) is 0 Å². The fraction of sp³-hybridized carbons (Fsp3) is 0.200. The highest BCUT2D eigenvalue weighted by Crippen LogP contribution is 2.29. The molecule has 0 radical (unpaired) electrons. The lowest BCUT2D eigenvalue weighted by Gasteiger charge is -1.95. The lowest BCUT2D eigenvalue weighted by Crippen LogP contribution is -1.72. The van der Waals surface area contributed by atoms with Crippen molar-refractivity contribution in [3.8, 4) is 0 Å². The van der Waals surface area contributed by atoms with Gasteiger partial charge in [-0.25, -0.2) is 0 Å². The molecule has 1 aromatic carbocycles. The SMILES string of the molecule is Cc1cc2c(Br)ccc(C)c2o1. The molecule has 0 aliphatic rings. The summed E-state index contributed by atoms with van der Waals surface area (Å²) in [7, 11) is 0. The van der Waals surface area contributed by atoms with Gasteiger partial charge in [-0.1, -0.05) is 22.0 Å². The smallest absolute Gasteiger partial charge is 0.138 e. The normalized spacial score (nSPS) is 10.9. The van der Waals surface area contributed by atoms with Crippen LogP contribution < -0.4 is 0 Å². The molecule has 0 N–H and O–H groups in total. The van der Waals surface area contributed by atoms with E-state index in [9.17, 15) is 0 Å². The van der Waals surface area contributed by atoms with E-state index >= 15 is 0 Å². The molecule has 0 bridgehead atoms. The summed E-state index contributed by atoms with van der Waals surface area (Å²) in [5.41, 5.74) is 2.17.